The highest BCUT2D eigenvalue weighted by molar-refractivity contribution is 6.39. The zero-order valence-corrected chi connectivity index (χ0v) is 9.05. The number of halogens is 2. The molecule has 1 aromatic rings. The van der Waals surface area contributed by atoms with Gasteiger partial charge in [-0.3, -0.25) is 0 Å². The maximum Gasteiger partial charge on any atom is 0.194 e. The molecule has 1 aromatic carbocycles. The molecule has 2 nitrogen and oxygen atoms in total. The van der Waals surface area contributed by atoms with Gasteiger partial charge in [0.1, 0.15) is 0 Å². The lowest BCUT2D eigenvalue weighted by Gasteiger charge is -2.17. The second-order valence-electron chi connectivity index (χ2n) is 2.81. The van der Waals surface area contributed by atoms with Crippen LogP contribution in [0, 0.1) is 11.3 Å². The van der Waals surface area contributed by atoms with Crippen molar-refractivity contribution in [3.8, 4) is 6.07 Å². The molecule has 0 saturated carbocycles. The molecule has 0 radical (unpaired) electrons. The van der Waals surface area contributed by atoms with Crippen LogP contribution in [0.5, 0.6) is 0 Å². The molecule has 0 aliphatic carbocycles. The van der Waals surface area contributed by atoms with Gasteiger partial charge in [0.2, 0.25) is 0 Å². The lowest BCUT2D eigenvalue weighted by atomic mass is 9.95. The third-order valence-electron chi connectivity index (χ3n) is 1.95. The Morgan fingerprint density at radius 3 is 2.43 bits per heavy atom. The smallest absolute Gasteiger partial charge is 0.194 e. The van der Waals surface area contributed by atoms with Gasteiger partial charge in [-0.25, -0.2) is 0 Å². The highest BCUT2D eigenvalue weighted by atomic mass is 35.5. The molecule has 0 aliphatic heterocycles. The molecule has 0 aromatic heterocycles. The van der Waals surface area contributed by atoms with Gasteiger partial charge in [0.15, 0.2) is 4.87 Å². The Morgan fingerprint density at radius 1 is 1.43 bits per heavy atom. The van der Waals surface area contributed by atoms with E-state index < -0.39 is 4.87 Å². The van der Waals surface area contributed by atoms with E-state index in [2.05, 4.69) is 4.51 Å². The van der Waals surface area contributed by atoms with E-state index in [1.807, 2.05) is 24.3 Å². The SMILES string of the molecule is CC(=NCl)[C@](Cl)(C#N)c1ccccc1. The number of alkyl halides is 1. The van der Waals surface area contributed by atoms with Crippen molar-refractivity contribution in [2.24, 2.45) is 4.51 Å². The van der Waals surface area contributed by atoms with Crippen molar-refractivity contribution in [2.45, 2.75) is 11.8 Å². The standard InChI is InChI=1S/C10H8Cl2N2/c1-8(14-12)10(11,7-13)9-5-3-2-4-6-9/h2-6H,1H3/t10-/m1/s1. The zero-order chi connectivity index (χ0) is 10.6. The molecule has 1 atom stereocenters. The summed E-state index contributed by atoms with van der Waals surface area (Å²) < 4.78 is 3.44. The van der Waals surface area contributed by atoms with Crippen LogP contribution in [0.25, 0.3) is 0 Å². The first kappa shape index (κ1) is 11.0. The first-order valence-electron chi connectivity index (χ1n) is 3.97. The summed E-state index contributed by atoms with van der Waals surface area (Å²) >= 11 is 11.4. The maximum atomic E-state index is 9.02. The van der Waals surface area contributed by atoms with Crippen LogP contribution in [0.1, 0.15) is 12.5 Å². The van der Waals surface area contributed by atoms with Crippen LogP contribution in [-0.4, -0.2) is 5.71 Å². The Morgan fingerprint density at radius 2 is 2.00 bits per heavy atom. The van der Waals surface area contributed by atoms with Crippen molar-refractivity contribution >= 4 is 29.1 Å². The summed E-state index contributed by atoms with van der Waals surface area (Å²) in [4.78, 5) is -1.26. The summed E-state index contributed by atoms with van der Waals surface area (Å²) in [7, 11) is 0. The van der Waals surface area contributed by atoms with Gasteiger partial charge in [-0.15, -0.1) is 0 Å². The van der Waals surface area contributed by atoms with Crippen LogP contribution >= 0.6 is 23.4 Å². The number of benzene rings is 1. The third kappa shape index (κ3) is 1.89. The van der Waals surface area contributed by atoms with E-state index in [0.29, 0.717) is 11.3 Å². The van der Waals surface area contributed by atoms with Gasteiger partial charge in [-0.05, 0) is 12.5 Å². The zero-order valence-electron chi connectivity index (χ0n) is 7.54. The lowest BCUT2D eigenvalue weighted by molar-refractivity contribution is 1.04. The van der Waals surface area contributed by atoms with Crippen molar-refractivity contribution in [1.82, 2.24) is 0 Å². The van der Waals surface area contributed by atoms with Gasteiger partial charge in [-0.1, -0.05) is 41.9 Å². The fourth-order valence-corrected chi connectivity index (χ4v) is 1.42. The minimum absolute atomic E-state index is 0.370. The van der Waals surface area contributed by atoms with Crippen molar-refractivity contribution < 1.29 is 0 Å². The van der Waals surface area contributed by atoms with Crippen LogP contribution in [0.4, 0.5) is 0 Å². The van der Waals surface area contributed by atoms with E-state index in [4.69, 9.17) is 28.6 Å². The molecule has 4 heteroatoms. The van der Waals surface area contributed by atoms with Crippen LogP contribution in [-0.2, 0) is 4.87 Å². The molecule has 0 spiro atoms. The Hall–Kier alpha value is -1.04. The monoisotopic (exact) mass is 226 g/mol. The molecule has 14 heavy (non-hydrogen) atoms. The number of hydrogen-bond donors (Lipinski definition) is 0. The Balaban J connectivity index is 3.24. The topological polar surface area (TPSA) is 36.1 Å². The summed E-state index contributed by atoms with van der Waals surface area (Å²) in [5, 5.41) is 9.02. The average Bonchev–Trinajstić information content (AvgIpc) is 2.28. The highest BCUT2D eigenvalue weighted by Gasteiger charge is 2.33. The lowest BCUT2D eigenvalue weighted by Crippen LogP contribution is -2.25. The summed E-state index contributed by atoms with van der Waals surface area (Å²) in [6.07, 6.45) is 0. The van der Waals surface area contributed by atoms with Crippen LogP contribution < -0.4 is 0 Å². The van der Waals surface area contributed by atoms with Gasteiger partial charge in [0.05, 0.1) is 11.8 Å². The molecule has 1 rings (SSSR count). The van der Waals surface area contributed by atoms with E-state index in [-0.39, 0.29) is 0 Å². The van der Waals surface area contributed by atoms with Gasteiger partial charge in [0, 0.05) is 11.8 Å². The molecular formula is C10H8Cl2N2. The first-order valence-corrected chi connectivity index (χ1v) is 4.68. The summed E-state index contributed by atoms with van der Waals surface area (Å²) in [6.45, 7) is 1.62. The van der Waals surface area contributed by atoms with Gasteiger partial charge >= 0.3 is 0 Å². The Labute approximate surface area is 92.9 Å². The second-order valence-corrected chi connectivity index (χ2v) is 3.54. The molecule has 0 aliphatic rings. The summed E-state index contributed by atoms with van der Waals surface area (Å²) in [5.74, 6) is 0. The summed E-state index contributed by atoms with van der Waals surface area (Å²) in [5.41, 5.74) is 1.04. The van der Waals surface area contributed by atoms with Crippen LogP contribution in [0.15, 0.2) is 34.8 Å². The van der Waals surface area contributed by atoms with Crippen molar-refractivity contribution in [3.63, 3.8) is 0 Å². The van der Waals surface area contributed by atoms with Gasteiger partial charge in [0.25, 0.3) is 0 Å². The second kappa shape index (κ2) is 4.45. The molecule has 0 unspecified atom stereocenters. The van der Waals surface area contributed by atoms with E-state index in [0.717, 1.165) is 0 Å². The Bertz CT molecular complexity index is 381. The number of hydrogen-bond acceptors (Lipinski definition) is 2. The quantitative estimate of drug-likeness (QED) is 0.564. The van der Waals surface area contributed by atoms with Crippen LogP contribution in [0.2, 0.25) is 0 Å². The predicted molar refractivity (Wildman–Crippen MR) is 58.5 cm³/mol. The molecule has 0 bridgehead atoms. The van der Waals surface area contributed by atoms with Crippen molar-refractivity contribution in [1.29, 1.82) is 5.26 Å². The largest absolute Gasteiger partial charge is 0.196 e. The number of nitrogens with zero attached hydrogens (tertiary/aromatic N) is 2. The fraction of sp³-hybridized carbons (Fsp3) is 0.200. The highest BCUT2D eigenvalue weighted by Crippen LogP contribution is 2.30. The summed E-state index contributed by atoms with van der Waals surface area (Å²) in [6, 6.07) is 11.0. The van der Waals surface area contributed by atoms with E-state index in [1.54, 1.807) is 19.1 Å². The molecular weight excluding hydrogens is 219 g/mol. The normalized spacial score (nSPS) is 15.7. The first-order chi connectivity index (χ1) is 6.65. The molecule has 0 fully saturated rings. The fourth-order valence-electron chi connectivity index (χ4n) is 1.08. The Kier molecular flexibility index (Phi) is 3.51. The van der Waals surface area contributed by atoms with E-state index in [9.17, 15) is 0 Å². The third-order valence-corrected chi connectivity index (χ3v) is 2.78. The van der Waals surface area contributed by atoms with Crippen LogP contribution in [0.3, 0.4) is 0 Å². The minimum atomic E-state index is -1.26. The van der Waals surface area contributed by atoms with E-state index in [1.165, 1.54) is 0 Å². The minimum Gasteiger partial charge on any atom is -0.196 e. The van der Waals surface area contributed by atoms with Gasteiger partial charge in [-0.2, -0.15) is 9.77 Å². The van der Waals surface area contributed by atoms with E-state index >= 15 is 0 Å². The molecule has 0 N–H and O–H groups in total. The number of nitriles is 1. The van der Waals surface area contributed by atoms with Crippen molar-refractivity contribution in [3.05, 3.63) is 35.9 Å². The maximum absolute atomic E-state index is 9.02. The molecule has 0 heterocycles. The predicted octanol–water partition coefficient (Wildman–Crippen LogP) is 3.26. The number of rotatable bonds is 2. The molecule has 0 saturated heterocycles. The van der Waals surface area contributed by atoms with Gasteiger partial charge < -0.3 is 0 Å². The average molecular weight is 227 g/mol. The molecule has 0 amide bonds. The molecule has 72 valence electrons. The van der Waals surface area contributed by atoms with Crippen molar-refractivity contribution in [2.75, 3.05) is 0 Å².